The first-order valence-electron chi connectivity index (χ1n) is 9.64. The normalized spacial score (nSPS) is 13.5. The quantitative estimate of drug-likeness (QED) is 0.462. The first-order chi connectivity index (χ1) is 13.8. The molecule has 0 saturated heterocycles. The van der Waals surface area contributed by atoms with Crippen LogP contribution in [0.1, 0.15) is 34.7 Å². The Kier molecular flexibility index (Phi) is 4.53. The van der Waals surface area contributed by atoms with Crippen molar-refractivity contribution in [1.82, 2.24) is 9.97 Å². The zero-order valence-corrected chi connectivity index (χ0v) is 16.2. The maximum Gasteiger partial charge on any atom is 0.143 e. The molecule has 0 fully saturated rings. The summed E-state index contributed by atoms with van der Waals surface area (Å²) in [5.41, 5.74) is 3.26. The minimum Gasteiger partial charge on any atom is -0.339 e. The van der Waals surface area contributed by atoms with Gasteiger partial charge in [0.05, 0.1) is 5.39 Å². The van der Waals surface area contributed by atoms with Gasteiger partial charge in [-0.15, -0.1) is 11.3 Å². The SMILES string of the molecule is Fc1cccc(Nc2nc(Cc3ccccc3)nc3sc4c(c23)CCCC4)c1. The number of aromatic nitrogens is 2. The zero-order chi connectivity index (χ0) is 18.9. The van der Waals surface area contributed by atoms with Crippen LogP contribution in [0.25, 0.3) is 10.2 Å². The van der Waals surface area contributed by atoms with Gasteiger partial charge in [0, 0.05) is 17.0 Å². The Morgan fingerprint density at radius 2 is 1.82 bits per heavy atom. The summed E-state index contributed by atoms with van der Waals surface area (Å²) < 4.78 is 13.7. The average Bonchev–Trinajstić information content (AvgIpc) is 3.07. The van der Waals surface area contributed by atoms with E-state index in [2.05, 4.69) is 17.4 Å². The Balaban J connectivity index is 1.62. The number of aryl methyl sites for hydroxylation is 2. The van der Waals surface area contributed by atoms with Crippen LogP contribution in [0.15, 0.2) is 54.6 Å². The van der Waals surface area contributed by atoms with Crippen molar-refractivity contribution in [3.05, 3.63) is 82.2 Å². The molecule has 2 aromatic heterocycles. The van der Waals surface area contributed by atoms with Crippen LogP contribution in [0.4, 0.5) is 15.9 Å². The summed E-state index contributed by atoms with van der Waals surface area (Å²) in [7, 11) is 0. The van der Waals surface area contributed by atoms with Gasteiger partial charge in [-0.3, -0.25) is 0 Å². The van der Waals surface area contributed by atoms with E-state index < -0.39 is 0 Å². The molecule has 4 aromatic rings. The van der Waals surface area contributed by atoms with Crippen molar-refractivity contribution in [2.24, 2.45) is 0 Å². The maximum atomic E-state index is 13.7. The van der Waals surface area contributed by atoms with Crippen molar-refractivity contribution in [2.45, 2.75) is 32.1 Å². The number of nitrogens with zero attached hydrogens (tertiary/aromatic N) is 2. The molecule has 3 nitrogen and oxygen atoms in total. The van der Waals surface area contributed by atoms with Gasteiger partial charge >= 0.3 is 0 Å². The monoisotopic (exact) mass is 389 g/mol. The fourth-order valence-electron chi connectivity index (χ4n) is 3.85. The van der Waals surface area contributed by atoms with Gasteiger partial charge < -0.3 is 5.32 Å². The van der Waals surface area contributed by atoms with E-state index in [1.807, 2.05) is 24.3 Å². The average molecular weight is 389 g/mol. The van der Waals surface area contributed by atoms with Gasteiger partial charge in [0.25, 0.3) is 0 Å². The summed E-state index contributed by atoms with van der Waals surface area (Å²) in [6, 6.07) is 16.8. The molecule has 0 amide bonds. The molecule has 0 spiro atoms. The molecule has 2 heterocycles. The highest BCUT2D eigenvalue weighted by Crippen LogP contribution is 2.39. The zero-order valence-electron chi connectivity index (χ0n) is 15.4. The van der Waals surface area contributed by atoms with Gasteiger partial charge in [-0.1, -0.05) is 36.4 Å². The van der Waals surface area contributed by atoms with E-state index in [9.17, 15) is 4.39 Å². The first-order valence-corrected chi connectivity index (χ1v) is 10.5. The number of nitrogens with one attached hydrogen (secondary N) is 1. The number of benzene rings is 2. The number of fused-ring (bicyclic) bond motifs is 3. The second kappa shape index (κ2) is 7.32. The van der Waals surface area contributed by atoms with E-state index in [1.165, 1.54) is 41.0 Å². The van der Waals surface area contributed by atoms with E-state index in [1.54, 1.807) is 17.4 Å². The number of hydrogen-bond donors (Lipinski definition) is 1. The van der Waals surface area contributed by atoms with Crippen molar-refractivity contribution in [3.8, 4) is 0 Å². The van der Waals surface area contributed by atoms with Crippen LogP contribution in [0.3, 0.4) is 0 Å². The third-order valence-electron chi connectivity index (χ3n) is 5.15. The summed E-state index contributed by atoms with van der Waals surface area (Å²) in [5, 5.41) is 4.48. The fraction of sp³-hybridized carbons (Fsp3) is 0.217. The summed E-state index contributed by atoms with van der Waals surface area (Å²) in [6.45, 7) is 0. The number of rotatable bonds is 4. The molecule has 0 atom stereocenters. The smallest absolute Gasteiger partial charge is 0.143 e. The number of halogens is 1. The first kappa shape index (κ1) is 17.3. The molecule has 0 aliphatic heterocycles. The molecule has 0 radical (unpaired) electrons. The summed E-state index contributed by atoms with van der Waals surface area (Å²) in [5.74, 6) is 1.32. The van der Waals surface area contributed by atoms with Crippen molar-refractivity contribution >= 4 is 33.1 Å². The third-order valence-corrected chi connectivity index (χ3v) is 6.34. The molecule has 0 unspecified atom stereocenters. The highest BCUT2D eigenvalue weighted by molar-refractivity contribution is 7.19. The highest BCUT2D eigenvalue weighted by atomic mass is 32.1. The molecule has 140 valence electrons. The van der Waals surface area contributed by atoms with Crippen molar-refractivity contribution < 1.29 is 4.39 Å². The van der Waals surface area contributed by atoms with Gasteiger partial charge in [0.2, 0.25) is 0 Å². The molecule has 0 bridgehead atoms. The summed E-state index contributed by atoms with van der Waals surface area (Å²) in [6.07, 6.45) is 5.29. The van der Waals surface area contributed by atoms with E-state index in [0.717, 1.165) is 34.7 Å². The lowest BCUT2D eigenvalue weighted by Gasteiger charge is -2.13. The third kappa shape index (κ3) is 3.38. The van der Waals surface area contributed by atoms with Crippen molar-refractivity contribution in [1.29, 1.82) is 0 Å². The van der Waals surface area contributed by atoms with E-state index >= 15 is 0 Å². The van der Waals surface area contributed by atoms with Crippen LogP contribution in [-0.4, -0.2) is 9.97 Å². The lowest BCUT2D eigenvalue weighted by atomic mass is 9.97. The predicted octanol–water partition coefficient (Wildman–Crippen LogP) is 6.04. The lowest BCUT2D eigenvalue weighted by Crippen LogP contribution is -2.04. The van der Waals surface area contributed by atoms with E-state index in [4.69, 9.17) is 9.97 Å². The minimum absolute atomic E-state index is 0.257. The van der Waals surface area contributed by atoms with Gasteiger partial charge in [-0.05, 0) is 55.0 Å². The number of thiophene rings is 1. The van der Waals surface area contributed by atoms with Crippen LogP contribution in [0, 0.1) is 5.82 Å². The number of hydrogen-bond acceptors (Lipinski definition) is 4. The molecule has 28 heavy (non-hydrogen) atoms. The Bertz CT molecular complexity index is 1140. The largest absolute Gasteiger partial charge is 0.339 e. The minimum atomic E-state index is -0.257. The Morgan fingerprint density at radius 1 is 0.964 bits per heavy atom. The molecule has 5 heteroatoms. The van der Waals surface area contributed by atoms with Crippen LogP contribution < -0.4 is 5.32 Å². The Morgan fingerprint density at radius 3 is 2.68 bits per heavy atom. The second-order valence-corrected chi connectivity index (χ2v) is 8.26. The standard InChI is InChI=1S/C23H20FN3S/c24-16-9-6-10-17(14-16)25-22-21-18-11-4-5-12-19(18)28-23(21)27-20(26-22)13-15-7-2-1-3-8-15/h1-3,6-10,14H,4-5,11-13H2,(H,25,26,27). The molecule has 2 aromatic carbocycles. The van der Waals surface area contributed by atoms with Crippen LogP contribution >= 0.6 is 11.3 Å². The van der Waals surface area contributed by atoms with E-state index in [-0.39, 0.29) is 5.82 Å². The predicted molar refractivity (Wildman–Crippen MR) is 113 cm³/mol. The van der Waals surface area contributed by atoms with Crippen LogP contribution in [0.2, 0.25) is 0 Å². The highest BCUT2D eigenvalue weighted by Gasteiger charge is 2.21. The van der Waals surface area contributed by atoms with E-state index in [0.29, 0.717) is 12.1 Å². The number of anilines is 2. The molecule has 5 rings (SSSR count). The van der Waals surface area contributed by atoms with Crippen LogP contribution in [-0.2, 0) is 19.3 Å². The van der Waals surface area contributed by atoms with Crippen LogP contribution in [0.5, 0.6) is 0 Å². The topological polar surface area (TPSA) is 37.8 Å². The Hall–Kier alpha value is -2.79. The molecule has 1 N–H and O–H groups in total. The molecule has 1 aliphatic carbocycles. The fourth-order valence-corrected chi connectivity index (χ4v) is 5.13. The molecule has 1 aliphatic rings. The van der Waals surface area contributed by atoms with Gasteiger partial charge in [-0.2, -0.15) is 0 Å². The molecular weight excluding hydrogens is 369 g/mol. The summed E-state index contributed by atoms with van der Waals surface area (Å²) in [4.78, 5) is 12.2. The lowest BCUT2D eigenvalue weighted by molar-refractivity contribution is 0.628. The van der Waals surface area contributed by atoms with Gasteiger partial charge in [0.15, 0.2) is 0 Å². The summed E-state index contributed by atoms with van der Waals surface area (Å²) >= 11 is 1.79. The van der Waals surface area contributed by atoms with Crippen molar-refractivity contribution in [2.75, 3.05) is 5.32 Å². The van der Waals surface area contributed by atoms with Gasteiger partial charge in [-0.25, -0.2) is 14.4 Å². The molecular formula is C23H20FN3S. The Labute approximate surface area is 167 Å². The molecule has 0 saturated carbocycles. The van der Waals surface area contributed by atoms with Crippen molar-refractivity contribution in [3.63, 3.8) is 0 Å². The van der Waals surface area contributed by atoms with Gasteiger partial charge in [0.1, 0.15) is 22.3 Å². The maximum absolute atomic E-state index is 13.7. The second-order valence-electron chi connectivity index (χ2n) is 7.18.